The van der Waals surface area contributed by atoms with Crippen LogP contribution in [0.2, 0.25) is 20.1 Å². The summed E-state index contributed by atoms with van der Waals surface area (Å²) in [6, 6.07) is 15.6. The summed E-state index contributed by atoms with van der Waals surface area (Å²) in [5, 5.41) is 3.49. The number of halogens is 4. The molecule has 3 rings (SSSR count). The van der Waals surface area contributed by atoms with Gasteiger partial charge in [-0.05, 0) is 48.0 Å². The smallest absolute Gasteiger partial charge is 0.264 e. The van der Waals surface area contributed by atoms with E-state index in [0.29, 0.717) is 27.0 Å². The summed E-state index contributed by atoms with van der Waals surface area (Å²) in [5.74, 6) is -0.260. The summed E-state index contributed by atoms with van der Waals surface area (Å²) < 4.78 is 27.6. The highest BCUT2D eigenvalue weighted by Crippen LogP contribution is 2.30. The summed E-state index contributed by atoms with van der Waals surface area (Å²) in [6.45, 7) is 0. The first-order valence-electron chi connectivity index (χ1n) is 8.46. The minimum atomic E-state index is -3.98. The van der Waals surface area contributed by atoms with Gasteiger partial charge in [0.05, 0.1) is 26.5 Å². The van der Waals surface area contributed by atoms with E-state index in [0.717, 1.165) is 0 Å². The van der Waals surface area contributed by atoms with Crippen molar-refractivity contribution in [1.29, 1.82) is 0 Å². The van der Waals surface area contributed by atoms with Crippen LogP contribution in [0.1, 0.15) is 5.56 Å². The second-order valence-electron chi connectivity index (χ2n) is 6.21. The van der Waals surface area contributed by atoms with E-state index < -0.39 is 10.0 Å². The second kappa shape index (κ2) is 9.45. The van der Waals surface area contributed by atoms with E-state index in [-0.39, 0.29) is 27.3 Å². The summed E-state index contributed by atoms with van der Waals surface area (Å²) in [7, 11) is -3.98. The van der Waals surface area contributed by atoms with Crippen LogP contribution in [0.15, 0.2) is 65.6 Å². The van der Waals surface area contributed by atoms with Crippen molar-refractivity contribution in [3.63, 3.8) is 0 Å². The topological polar surface area (TPSA) is 75.3 Å². The summed E-state index contributed by atoms with van der Waals surface area (Å²) in [5.41, 5.74) is 1.52. The van der Waals surface area contributed by atoms with E-state index in [4.69, 9.17) is 46.4 Å². The van der Waals surface area contributed by atoms with Gasteiger partial charge in [0.2, 0.25) is 5.91 Å². The average Bonchev–Trinajstić information content (AvgIpc) is 2.66. The molecule has 0 saturated heterocycles. The van der Waals surface area contributed by atoms with Crippen LogP contribution in [-0.2, 0) is 21.2 Å². The van der Waals surface area contributed by atoms with Crippen molar-refractivity contribution in [2.24, 2.45) is 0 Å². The minimum Gasteiger partial charge on any atom is -0.326 e. The highest BCUT2D eigenvalue weighted by Gasteiger charge is 2.21. The maximum Gasteiger partial charge on any atom is 0.264 e. The fourth-order valence-corrected chi connectivity index (χ4v) is 5.10. The van der Waals surface area contributed by atoms with Crippen molar-refractivity contribution in [2.45, 2.75) is 11.3 Å². The lowest BCUT2D eigenvalue weighted by molar-refractivity contribution is -0.115. The Labute approximate surface area is 194 Å². The first-order chi connectivity index (χ1) is 14.2. The molecule has 30 heavy (non-hydrogen) atoms. The first-order valence-corrected chi connectivity index (χ1v) is 11.5. The van der Waals surface area contributed by atoms with Crippen molar-refractivity contribution < 1.29 is 13.2 Å². The van der Waals surface area contributed by atoms with E-state index in [1.54, 1.807) is 48.5 Å². The Morgan fingerprint density at radius 1 is 0.767 bits per heavy atom. The van der Waals surface area contributed by atoms with Crippen LogP contribution in [0.3, 0.4) is 0 Å². The number of nitrogens with one attached hydrogen (secondary N) is 2. The van der Waals surface area contributed by atoms with Crippen LogP contribution in [0.5, 0.6) is 0 Å². The van der Waals surface area contributed by atoms with Gasteiger partial charge in [-0.15, -0.1) is 0 Å². The Bertz CT molecular complexity index is 1180. The molecule has 0 atom stereocenters. The van der Waals surface area contributed by atoms with E-state index >= 15 is 0 Å². The minimum absolute atomic E-state index is 0.0191. The molecule has 2 N–H and O–H groups in total. The largest absolute Gasteiger partial charge is 0.326 e. The molecule has 0 fully saturated rings. The molecule has 1 amide bonds. The van der Waals surface area contributed by atoms with Crippen LogP contribution < -0.4 is 10.0 Å². The van der Waals surface area contributed by atoms with Crippen LogP contribution in [0.4, 0.5) is 11.4 Å². The van der Waals surface area contributed by atoms with E-state index in [1.165, 1.54) is 12.1 Å². The van der Waals surface area contributed by atoms with Crippen molar-refractivity contribution in [3.05, 3.63) is 86.3 Å². The van der Waals surface area contributed by atoms with Crippen molar-refractivity contribution >= 4 is 73.7 Å². The van der Waals surface area contributed by atoms with Crippen molar-refractivity contribution in [1.82, 2.24) is 0 Å². The Hall–Kier alpha value is -1.96. The summed E-state index contributed by atoms with van der Waals surface area (Å²) in [6.07, 6.45) is 0.0869. The lowest BCUT2D eigenvalue weighted by Gasteiger charge is -2.11. The molecular formula is C20H14Cl4N2O3S. The highest BCUT2D eigenvalue weighted by atomic mass is 35.5. The van der Waals surface area contributed by atoms with Gasteiger partial charge >= 0.3 is 0 Å². The molecule has 0 bridgehead atoms. The standard InChI is InChI=1S/C20H14Cl4N2O3S/c21-15-9-8-14(11-18(15)24)25-19(27)10-12-4-6-13(7-5-12)26-30(28,29)20-16(22)2-1-3-17(20)23/h1-9,11,26H,10H2,(H,25,27). The van der Waals surface area contributed by atoms with Gasteiger partial charge in [0.15, 0.2) is 0 Å². The number of amides is 1. The lowest BCUT2D eigenvalue weighted by atomic mass is 10.1. The number of hydrogen-bond acceptors (Lipinski definition) is 3. The third-order valence-electron chi connectivity index (χ3n) is 3.96. The molecule has 0 heterocycles. The summed E-state index contributed by atoms with van der Waals surface area (Å²) in [4.78, 5) is 12.0. The molecule has 0 spiro atoms. The van der Waals surface area contributed by atoms with E-state index in [1.807, 2.05) is 0 Å². The Morgan fingerprint density at radius 2 is 1.37 bits per heavy atom. The monoisotopic (exact) mass is 502 g/mol. The van der Waals surface area contributed by atoms with Crippen molar-refractivity contribution in [3.8, 4) is 0 Å². The number of anilines is 2. The maximum absolute atomic E-state index is 12.6. The predicted molar refractivity (Wildman–Crippen MR) is 123 cm³/mol. The molecule has 3 aromatic rings. The molecule has 156 valence electrons. The van der Waals surface area contributed by atoms with Crippen molar-refractivity contribution in [2.75, 3.05) is 10.0 Å². The first kappa shape index (κ1) is 22.7. The van der Waals surface area contributed by atoms with Crippen LogP contribution in [0.25, 0.3) is 0 Å². The van der Waals surface area contributed by atoms with Crippen LogP contribution in [0, 0.1) is 0 Å². The molecule has 0 aliphatic heterocycles. The van der Waals surface area contributed by atoms with Gasteiger partial charge in [-0.25, -0.2) is 8.42 Å². The van der Waals surface area contributed by atoms with E-state index in [2.05, 4.69) is 10.0 Å². The molecule has 0 aromatic heterocycles. The molecule has 0 aliphatic rings. The van der Waals surface area contributed by atoms with Crippen LogP contribution in [-0.4, -0.2) is 14.3 Å². The van der Waals surface area contributed by atoms with Gasteiger partial charge in [0, 0.05) is 11.4 Å². The molecule has 5 nitrogen and oxygen atoms in total. The molecule has 3 aromatic carbocycles. The number of sulfonamides is 1. The van der Waals surface area contributed by atoms with Gasteiger partial charge in [-0.1, -0.05) is 64.6 Å². The Morgan fingerprint density at radius 3 is 1.97 bits per heavy atom. The van der Waals surface area contributed by atoms with Gasteiger partial charge in [0.1, 0.15) is 4.90 Å². The average molecular weight is 504 g/mol. The molecule has 0 unspecified atom stereocenters. The van der Waals surface area contributed by atoms with Crippen LogP contribution >= 0.6 is 46.4 Å². The Balaban J connectivity index is 1.67. The highest BCUT2D eigenvalue weighted by molar-refractivity contribution is 7.93. The molecule has 10 heteroatoms. The maximum atomic E-state index is 12.6. The summed E-state index contributed by atoms with van der Waals surface area (Å²) >= 11 is 23.8. The third-order valence-corrected chi connectivity index (χ3v) is 7.04. The lowest BCUT2D eigenvalue weighted by Crippen LogP contribution is -2.15. The zero-order valence-corrected chi connectivity index (χ0v) is 19.0. The van der Waals surface area contributed by atoms with Gasteiger partial charge in [0.25, 0.3) is 10.0 Å². The van der Waals surface area contributed by atoms with Gasteiger partial charge < -0.3 is 5.32 Å². The number of carbonyl (C=O) groups excluding carboxylic acids is 1. The van der Waals surface area contributed by atoms with Gasteiger partial charge in [-0.3, -0.25) is 9.52 Å². The van der Waals surface area contributed by atoms with E-state index in [9.17, 15) is 13.2 Å². The molecule has 0 radical (unpaired) electrons. The predicted octanol–water partition coefficient (Wildman–Crippen LogP) is 6.28. The zero-order chi connectivity index (χ0) is 21.9. The van der Waals surface area contributed by atoms with Gasteiger partial charge in [-0.2, -0.15) is 0 Å². The zero-order valence-electron chi connectivity index (χ0n) is 15.1. The number of benzene rings is 3. The Kier molecular flexibility index (Phi) is 7.16. The third kappa shape index (κ3) is 5.59. The number of carbonyl (C=O) groups is 1. The quantitative estimate of drug-likeness (QED) is 0.415. The fraction of sp³-hybridized carbons (Fsp3) is 0.0500. The second-order valence-corrected chi connectivity index (χ2v) is 9.46. The normalized spacial score (nSPS) is 11.2. The molecule has 0 saturated carbocycles. The number of rotatable bonds is 6. The molecule has 0 aliphatic carbocycles. The number of hydrogen-bond donors (Lipinski definition) is 2. The SMILES string of the molecule is O=C(Cc1ccc(NS(=O)(=O)c2c(Cl)cccc2Cl)cc1)Nc1ccc(Cl)c(Cl)c1. The molecular weight excluding hydrogens is 490 g/mol. The fourth-order valence-electron chi connectivity index (χ4n) is 2.60.